The van der Waals surface area contributed by atoms with Crippen LogP contribution in [-0.4, -0.2) is 44.0 Å². The van der Waals surface area contributed by atoms with E-state index in [0.717, 1.165) is 16.7 Å². The van der Waals surface area contributed by atoms with Crippen molar-refractivity contribution in [3.63, 3.8) is 0 Å². The Morgan fingerprint density at radius 2 is 1.68 bits per heavy atom. The Bertz CT molecular complexity index is 747. The molecule has 1 heterocycles. The molecule has 0 bridgehead atoms. The third-order valence-electron chi connectivity index (χ3n) is 3.91. The third kappa shape index (κ3) is 4.91. The number of nitrogens with zero attached hydrogens (tertiary/aromatic N) is 1. The van der Waals surface area contributed by atoms with Crippen LogP contribution in [0.25, 0.3) is 0 Å². The lowest BCUT2D eigenvalue weighted by molar-refractivity contribution is 0.205. The molecule has 1 aliphatic rings. The molecule has 0 saturated carbocycles. The maximum absolute atomic E-state index is 9.81. The van der Waals surface area contributed by atoms with Crippen molar-refractivity contribution < 1.29 is 25.2 Å². The molecule has 2 aromatic carbocycles. The average molecular weight is 367 g/mol. The number of carbonyl (C=O) groups is 1. The van der Waals surface area contributed by atoms with Crippen LogP contribution in [0.1, 0.15) is 22.6 Å². The van der Waals surface area contributed by atoms with Crippen molar-refractivity contribution in [3.05, 3.63) is 53.1 Å². The average Bonchev–Trinajstić information content (AvgIpc) is 2.68. The monoisotopic (exact) mass is 366 g/mol. The van der Waals surface area contributed by atoms with E-state index in [1.54, 1.807) is 28.7 Å². The molecule has 3 rings (SSSR count). The van der Waals surface area contributed by atoms with E-state index in [0.29, 0.717) is 19.5 Å². The standard InChI is InChI=1S/C16H16ClNO3.CH3NO2/c17-18-6-5-11-7-15(20)16(21)8-13(11)14(9-18)10-1-3-12(19)4-2-10;2-1(3)4/h1-4,7-8,14,19-21H,5-6,9H2;2H2,(H,3,4). The predicted octanol–water partition coefficient (Wildman–Crippen LogP) is 2.57. The van der Waals surface area contributed by atoms with Crippen LogP contribution in [0.2, 0.25) is 0 Å². The molecule has 1 aliphatic heterocycles. The van der Waals surface area contributed by atoms with Crippen LogP contribution >= 0.6 is 11.8 Å². The van der Waals surface area contributed by atoms with Gasteiger partial charge >= 0.3 is 6.09 Å². The predicted molar refractivity (Wildman–Crippen MR) is 93.1 cm³/mol. The highest BCUT2D eigenvalue weighted by atomic mass is 35.5. The first-order valence-electron chi connectivity index (χ1n) is 7.50. The van der Waals surface area contributed by atoms with Gasteiger partial charge in [0.2, 0.25) is 0 Å². The maximum Gasteiger partial charge on any atom is 0.402 e. The minimum absolute atomic E-state index is 0.0212. The van der Waals surface area contributed by atoms with Crippen LogP contribution < -0.4 is 5.73 Å². The van der Waals surface area contributed by atoms with Gasteiger partial charge in [0, 0.05) is 19.0 Å². The van der Waals surface area contributed by atoms with Crippen LogP contribution in [0, 0.1) is 0 Å². The Balaban J connectivity index is 0.000000511. The molecule has 1 amide bonds. The topological polar surface area (TPSA) is 127 Å². The van der Waals surface area contributed by atoms with E-state index < -0.39 is 6.09 Å². The Labute approximate surface area is 149 Å². The fourth-order valence-corrected chi connectivity index (χ4v) is 3.02. The molecule has 2 aromatic rings. The van der Waals surface area contributed by atoms with E-state index in [-0.39, 0.29) is 23.2 Å². The summed E-state index contributed by atoms with van der Waals surface area (Å²) in [5.41, 5.74) is 6.97. The number of carboxylic acid groups (broad SMARTS) is 1. The summed E-state index contributed by atoms with van der Waals surface area (Å²) in [5.74, 6) is -0.0437. The van der Waals surface area contributed by atoms with Crippen molar-refractivity contribution in [3.8, 4) is 17.2 Å². The van der Waals surface area contributed by atoms with Gasteiger partial charge in [0.05, 0.1) is 0 Å². The second-order valence-corrected chi connectivity index (χ2v) is 6.12. The Hall–Kier alpha value is -2.64. The quantitative estimate of drug-likeness (QED) is 0.390. The number of fused-ring (bicyclic) bond motifs is 1. The summed E-state index contributed by atoms with van der Waals surface area (Å²) in [6.07, 6.45) is -0.624. The van der Waals surface area contributed by atoms with Gasteiger partial charge in [-0.15, -0.1) is 0 Å². The van der Waals surface area contributed by atoms with E-state index in [4.69, 9.17) is 21.7 Å². The number of hydrogen-bond acceptors (Lipinski definition) is 5. The highest BCUT2D eigenvalue weighted by Gasteiger charge is 2.25. The number of phenols is 3. The smallest absolute Gasteiger partial charge is 0.402 e. The van der Waals surface area contributed by atoms with Gasteiger partial charge in [-0.25, -0.2) is 9.21 Å². The number of primary amides is 1. The molecule has 1 atom stereocenters. The number of nitrogens with two attached hydrogens (primary N) is 1. The van der Waals surface area contributed by atoms with Crippen LogP contribution in [0.4, 0.5) is 4.79 Å². The van der Waals surface area contributed by atoms with Crippen molar-refractivity contribution in [2.45, 2.75) is 12.3 Å². The molecule has 0 aliphatic carbocycles. The molecule has 8 heteroatoms. The molecular formula is C17H19ClN2O5. The summed E-state index contributed by atoms with van der Waals surface area (Å²) in [7, 11) is 0. The van der Waals surface area contributed by atoms with Crippen molar-refractivity contribution >= 4 is 17.9 Å². The van der Waals surface area contributed by atoms with Gasteiger partial charge in [-0.3, -0.25) is 0 Å². The zero-order valence-electron chi connectivity index (χ0n) is 13.3. The summed E-state index contributed by atoms with van der Waals surface area (Å²) in [6, 6.07) is 10.2. The molecule has 0 radical (unpaired) electrons. The lowest BCUT2D eigenvalue weighted by atomic mass is 9.88. The fourth-order valence-electron chi connectivity index (χ4n) is 2.80. The molecule has 0 fully saturated rings. The Morgan fingerprint density at radius 3 is 2.28 bits per heavy atom. The number of hydrogen-bond donors (Lipinski definition) is 5. The fraction of sp³-hybridized carbons (Fsp3) is 0.235. The lowest BCUT2D eigenvalue weighted by Gasteiger charge is -2.21. The Kier molecular flexibility index (Phi) is 5.95. The number of phenolic OH excluding ortho intramolecular Hbond substituents is 3. The molecule has 7 nitrogen and oxygen atoms in total. The zero-order valence-corrected chi connectivity index (χ0v) is 14.0. The Morgan fingerprint density at radius 1 is 1.12 bits per heavy atom. The van der Waals surface area contributed by atoms with E-state index in [1.807, 2.05) is 12.1 Å². The second-order valence-electron chi connectivity index (χ2n) is 5.64. The number of benzene rings is 2. The molecule has 0 spiro atoms. The van der Waals surface area contributed by atoms with Crippen LogP contribution in [0.5, 0.6) is 17.2 Å². The van der Waals surface area contributed by atoms with Crippen molar-refractivity contribution in [2.24, 2.45) is 5.73 Å². The molecule has 25 heavy (non-hydrogen) atoms. The normalized spacial score (nSPS) is 16.9. The maximum atomic E-state index is 9.81. The van der Waals surface area contributed by atoms with E-state index in [9.17, 15) is 15.3 Å². The second kappa shape index (κ2) is 7.96. The summed E-state index contributed by atoms with van der Waals surface area (Å²) in [6.45, 7) is 1.27. The van der Waals surface area contributed by atoms with Crippen LogP contribution in [0.3, 0.4) is 0 Å². The minimum atomic E-state index is -1.33. The molecule has 6 N–H and O–H groups in total. The first-order valence-corrected chi connectivity index (χ1v) is 7.84. The lowest BCUT2D eigenvalue weighted by Crippen LogP contribution is -2.19. The van der Waals surface area contributed by atoms with E-state index >= 15 is 0 Å². The molecule has 1 unspecified atom stereocenters. The minimum Gasteiger partial charge on any atom is -0.508 e. The highest BCUT2D eigenvalue weighted by molar-refractivity contribution is 6.13. The highest BCUT2D eigenvalue weighted by Crippen LogP contribution is 2.38. The zero-order chi connectivity index (χ0) is 18.6. The van der Waals surface area contributed by atoms with Gasteiger partial charge in [0.25, 0.3) is 0 Å². The van der Waals surface area contributed by atoms with Crippen molar-refractivity contribution in [2.75, 3.05) is 13.1 Å². The van der Waals surface area contributed by atoms with Gasteiger partial charge in [-0.1, -0.05) is 12.1 Å². The van der Waals surface area contributed by atoms with Crippen molar-refractivity contribution in [1.29, 1.82) is 0 Å². The van der Waals surface area contributed by atoms with Crippen LogP contribution in [0.15, 0.2) is 36.4 Å². The van der Waals surface area contributed by atoms with Gasteiger partial charge in [0.15, 0.2) is 11.5 Å². The summed E-state index contributed by atoms with van der Waals surface area (Å²) >= 11 is 6.23. The van der Waals surface area contributed by atoms with Gasteiger partial charge in [-0.2, -0.15) is 0 Å². The number of aromatic hydroxyl groups is 3. The third-order valence-corrected chi connectivity index (χ3v) is 4.22. The largest absolute Gasteiger partial charge is 0.508 e. The summed E-state index contributed by atoms with van der Waals surface area (Å²) in [5, 5.41) is 36.1. The molecular weight excluding hydrogens is 348 g/mol. The molecule has 0 aromatic heterocycles. The van der Waals surface area contributed by atoms with Crippen molar-refractivity contribution in [1.82, 2.24) is 4.42 Å². The summed E-state index contributed by atoms with van der Waals surface area (Å²) in [4.78, 5) is 8.78. The van der Waals surface area contributed by atoms with Gasteiger partial charge in [-0.05, 0) is 59.2 Å². The number of halogens is 1. The number of amides is 1. The number of rotatable bonds is 1. The SMILES string of the molecule is NC(=O)O.Oc1ccc(C2CN(Cl)CCc3cc(O)c(O)cc32)cc1. The van der Waals surface area contributed by atoms with E-state index in [1.165, 1.54) is 0 Å². The molecule has 134 valence electrons. The first-order chi connectivity index (χ1) is 11.8. The summed E-state index contributed by atoms with van der Waals surface area (Å²) < 4.78 is 1.71. The van der Waals surface area contributed by atoms with Gasteiger partial charge in [0.1, 0.15) is 5.75 Å². The first kappa shape index (κ1) is 18.7. The van der Waals surface area contributed by atoms with Gasteiger partial charge < -0.3 is 26.2 Å². The van der Waals surface area contributed by atoms with E-state index in [2.05, 4.69) is 5.73 Å². The molecule has 0 saturated heterocycles. The van der Waals surface area contributed by atoms with Crippen LogP contribution in [-0.2, 0) is 6.42 Å².